The van der Waals surface area contributed by atoms with Gasteiger partial charge in [-0.1, -0.05) is 0 Å². The molecule has 0 amide bonds. The summed E-state index contributed by atoms with van der Waals surface area (Å²) in [7, 11) is 0. The molecule has 0 aliphatic carbocycles. The highest BCUT2D eigenvalue weighted by Crippen LogP contribution is 2.23. The van der Waals surface area contributed by atoms with Crippen molar-refractivity contribution in [3.8, 4) is 0 Å². The van der Waals surface area contributed by atoms with E-state index < -0.39 is 0 Å². The minimum absolute atomic E-state index is 0.446. The normalized spacial score (nSPS) is 21.7. The number of nitrogens with zero attached hydrogens (tertiary/aromatic N) is 1. The lowest BCUT2D eigenvalue weighted by molar-refractivity contribution is 0.0989. The maximum atomic E-state index is 5.81. The summed E-state index contributed by atoms with van der Waals surface area (Å²) >= 11 is 0. The summed E-state index contributed by atoms with van der Waals surface area (Å²) in [5.41, 5.74) is 9.06. The van der Waals surface area contributed by atoms with Gasteiger partial charge in [0, 0.05) is 24.0 Å². The van der Waals surface area contributed by atoms with Crippen LogP contribution in [0.4, 0.5) is 11.4 Å². The van der Waals surface area contributed by atoms with Crippen LogP contribution in [0.3, 0.4) is 0 Å². The average molecular weight is 206 g/mol. The molecule has 2 N–H and O–H groups in total. The van der Waals surface area contributed by atoms with Gasteiger partial charge in [0.15, 0.2) is 0 Å². The monoisotopic (exact) mass is 206 g/mol. The Balaban J connectivity index is 2.24. The van der Waals surface area contributed by atoms with Crippen molar-refractivity contribution in [2.24, 2.45) is 0 Å². The molecule has 3 heteroatoms. The first-order valence-electron chi connectivity index (χ1n) is 5.39. The number of ether oxygens (including phenoxy) is 1. The first-order valence-corrected chi connectivity index (χ1v) is 5.39. The fourth-order valence-corrected chi connectivity index (χ4v) is 1.95. The summed E-state index contributed by atoms with van der Waals surface area (Å²) in [6, 6.07) is 6.66. The van der Waals surface area contributed by atoms with Crippen molar-refractivity contribution in [3.63, 3.8) is 0 Å². The molecule has 2 rings (SSSR count). The van der Waals surface area contributed by atoms with E-state index in [1.165, 1.54) is 5.69 Å². The highest BCUT2D eigenvalue weighted by Gasteiger charge is 2.19. The molecule has 1 aromatic rings. The second-order valence-corrected chi connectivity index (χ2v) is 4.16. The first-order chi connectivity index (χ1) is 7.18. The molecule has 15 heavy (non-hydrogen) atoms. The quantitative estimate of drug-likeness (QED) is 0.712. The van der Waals surface area contributed by atoms with E-state index in [0.29, 0.717) is 6.04 Å². The largest absolute Gasteiger partial charge is 0.399 e. The van der Waals surface area contributed by atoms with E-state index in [1.807, 2.05) is 13.0 Å². The Hall–Kier alpha value is -1.22. The Morgan fingerprint density at radius 3 is 2.93 bits per heavy atom. The van der Waals surface area contributed by atoms with Crippen molar-refractivity contribution >= 4 is 11.4 Å². The van der Waals surface area contributed by atoms with Gasteiger partial charge in [0.05, 0.1) is 13.2 Å². The maximum absolute atomic E-state index is 5.81. The topological polar surface area (TPSA) is 38.5 Å². The smallest absolute Gasteiger partial charge is 0.0668 e. The zero-order valence-corrected chi connectivity index (χ0v) is 9.36. The van der Waals surface area contributed by atoms with Crippen LogP contribution in [0.2, 0.25) is 0 Å². The van der Waals surface area contributed by atoms with Crippen LogP contribution in [-0.4, -0.2) is 25.8 Å². The van der Waals surface area contributed by atoms with Gasteiger partial charge in [0.2, 0.25) is 0 Å². The van der Waals surface area contributed by atoms with E-state index in [1.54, 1.807) is 0 Å². The molecule has 1 aliphatic heterocycles. The van der Waals surface area contributed by atoms with E-state index in [9.17, 15) is 0 Å². The molecule has 0 unspecified atom stereocenters. The third-order valence-electron chi connectivity index (χ3n) is 2.95. The number of benzene rings is 1. The number of nitrogens with two attached hydrogens (primary N) is 1. The fourth-order valence-electron chi connectivity index (χ4n) is 1.95. The number of hydrogen-bond acceptors (Lipinski definition) is 3. The molecular weight excluding hydrogens is 188 g/mol. The number of nitrogen functional groups attached to an aromatic ring is 1. The van der Waals surface area contributed by atoms with Crippen LogP contribution in [0, 0.1) is 6.92 Å². The summed E-state index contributed by atoms with van der Waals surface area (Å²) in [5.74, 6) is 0. The van der Waals surface area contributed by atoms with Crippen LogP contribution in [0.1, 0.15) is 12.5 Å². The first kappa shape index (κ1) is 10.3. The van der Waals surface area contributed by atoms with Crippen molar-refractivity contribution in [2.75, 3.05) is 30.4 Å². The summed E-state index contributed by atoms with van der Waals surface area (Å²) in [5, 5.41) is 0. The van der Waals surface area contributed by atoms with E-state index in [2.05, 4.69) is 24.0 Å². The molecule has 0 bridgehead atoms. The predicted octanol–water partition coefficient (Wildman–Crippen LogP) is 1.80. The number of hydrogen-bond donors (Lipinski definition) is 1. The molecule has 0 saturated carbocycles. The summed E-state index contributed by atoms with van der Waals surface area (Å²) in [6.07, 6.45) is 0. The number of anilines is 2. The van der Waals surface area contributed by atoms with Gasteiger partial charge < -0.3 is 15.4 Å². The Kier molecular flexibility index (Phi) is 2.82. The van der Waals surface area contributed by atoms with Gasteiger partial charge in [-0.3, -0.25) is 0 Å². The second kappa shape index (κ2) is 4.11. The van der Waals surface area contributed by atoms with Crippen molar-refractivity contribution in [1.29, 1.82) is 0 Å². The zero-order valence-electron chi connectivity index (χ0n) is 9.36. The molecule has 1 aromatic carbocycles. The molecule has 1 fully saturated rings. The van der Waals surface area contributed by atoms with Gasteiger partial charge in [-0.05, 0) is 37.6 Å². The second-order valence-electron chi connectivity index (χ2n) is 4.16. The summed E-state index contributed by atoms with van der Waals surface area (Å²) in [6.45, 7) is 6.82. The fraction of sp³-hybridized carbons (Fsp3) is 0.500. The molecule has 0 radical (unpaired) electrons. The highest BCUT2D eigenvalue weighted by molar-refractivity contribution is 5.58. The molecule has 82 valence electrons. The van der Waals surface area contributed by atoms with Gasteiger partial charge in [0.1, 0.15) is 0 Å². The third kappa shape index (κ3) is 2.07. The van der Waals surface area contributed by atoms with Crippen molar-refractivity contribution < 1.29 is 4.74 Å². The molecule has 3 nitrogen and oxygen atoms in total. The Bertz CT molecular complexity index is 351. The third-order valence-corrected chi connectivity index (χ3v) is 2.95. The molecule has 1 aliphatic rings. The van der Waals surface area contributed by atoms with Crippen molar-refractivity contribution in [3.05, 3.63) is 23.8 Å². The zero-order chi connectivity index (χ0) is 10.8. The van der Waals surface area contributed by atoms with Crippen LogP contribution in [0.5, 0.6) is 0 Å². The minimum Gasteiger partial charge on any atom is -0.399 e. The predicted molar refractivity (Wildman–Crippen MR) is 63.2 cm³/mol. The molecule has 1 atom stereocenters. The molecule has 1 saturated heterocycles. The van der Waals surface area contributed by atoms with Crippen LogP contribution in [0.25, 0.3) is 0 Å². The van der Waals surface area contributed by atoms with Gasteiger partial charge >= 0.3 is 0 Å². The van der Waals surface area contributed by atoms with Crippen LogP contribution in [0.15, 0.2) is 18.2 Å². The average Bonchev–Trinajstić information content (AvgIpc) is 2.23. The van der Waals surface area contributed by atoms with E-state index >= 15 is 0 Å². The molecular formula is C12H18N2O. The SMILES string of the molecule is Cc1cc(N2CCOC[C@H]2C)ccc1N. The van der Waals surface area contributed by atoms with E-state index in [0.717, 1.165) is 31.0 Å². The maximum Gasteiger partial charge on any atom is 0.0668 e. The number of rotatable bonds is 1. The lowest BCUT2D eigenvalue weighted by Gasteiger charge is -2.35. The minimum atomic E-state index is 0.446. The van der Waals surface area contributed by atoms with Crippen molar-refractivity contribution in [2.45, 2.75) is 19.9 Å². The van der Waals surface area contributed by atoms with Crippen LogP contribution in [-0.2, 0) is 4.74 Å². The van der Waals surface area contributed by atoms with E-state index in [4.69, 9.17) is 10.5 Å². The molecule has 0 spiro atoms. The Morgan fingerprint density at radius 2 is 2.27 bits per heavy atom. The lowest BCUT2D eigenvalue weighted by atomic mass is 10.1. The summed E-state index contributed by atoms with van der Waals surface area (Å²) < 4.78 is 5.42. The van der Waals surface area contributed by atoms with Gasteiger partial charge in [-0.25, -0.2) is 0 Å². The standard InChI is InChI=1S/C12H18N2O/c1-9-7-11(3-4-12(9)13)14-5-6-15-8-10(14)2/h3-4,7,10H,5-6,8,13H2,1-2H3/t10-/m1/s1. The van der Waals surface area contributed by atoms with Crippen LogP contribution >= 0.6 is 0 Å². The highest BCUT2D eigenvalue weighted by atomic mass is 16.5. The van der Waals surface area contributed by atoms with Gasteiger partial charge in [-0.15, -0.1) is 0 Å². The van der Waals surface area contributed by atoms with Gasteiger partial charge in [-0.2, -0.15) is 0 Å². The van der Waals surface area contributed by atoms with Gasteiger partial charge in [0.25, 0.3) is 0 Å². The number of morpholine rings is 1. The number of aryl methyl sites for hydroxylation is 1. The molecule has 0 aromatic heterocycles. The van der Waals surface area contributed by atoms with Crippen molar-refractivity contribution in [1.82, 2.24) is 0 Å². The molecule has 1 heterocycles. The lowest BCUT2D eigenvalue weighted by Crippen LogP contribution is -2.43. The van der Waals surface area contributed by atoms with E-state index in [-0.39, 0.29) is 0 Å². The Labute approximate surface area is 90.8 Å². The summed E-state index contributed by atoms with van der Waals surface area (Å²) in [4.78, 5) is 2.37. The Morgan fingerprint density at radius 1 is 1.47 bits per heavy atom. The van der Waals surface area contributed by atoms with Crippen LogP contribution < -0.4 is 10.6 Å².